The van der Waals surface area contributed by atoms with Gasteiger partial charge in [-0.2, -0.15) is 0 Å². The molecule has 5 heteroatoms. The van der Waals surface area contributed by atoms with Crippen molar-refractivity contribution in [3.8, 4) is 0 Å². The summed E-state index contributed by atoms with van der Waals surface area (Å²) < 4.78 is 0. The molecule has 0 saturated carbocycles. The summed E-state index contributed by atoms with van der Waals surface area (Å²) in [7, 11) is 0. The van der Waals surface area contributed by atoms with Crippen LogP contribution in [0.5, 0.6) is 0 Å². The number of hydrogen-bond acceptors (Lipinski definition) is 4. The molecule has 0 spiro atoms. The van der Waals surface area contributed by atoms with Crippen LogP contribution in [0.15, 0.2) is 12.3 Å². The largest absolute Gasteiger partial charge is 0.287 e. The zero-order valence-corrected chi connectivity index (χ0v) is 6.82. The van der Waals surface area contributed by atoms with Gasteiger partial charge in [-0.15, -0.1) is 22.8 Å². The lowest BCUT2D eigenvalue weighted by Crippen LogP contribution is -2.05. The number of nitrogens with zero attached hydrogens (tertiary/aromatic N) is 3. The highest BCUT2D eigenvalue weighted by atomic mass is 32.1. The van der Waals surface area contributed by atoms with Gasteiger partial charge in [0.25, 0.3) is 0 Å². The Morgan fingerprint density at radius 1 is 1.73 bits per heavy atom. The fourth-order valence-corrected chi connectivity index (χ4v) is 0.740. The van der Waals surface area contributed by atoms with Crippen LogP contribution >= 0.6 is 12.6 Å². The molecule has 0 radical (unpaired) electrons. The highest BCUT2D eigenvalue weighted by Crippen LogP contribution is 2.12. The molecular formula is C6H7N3OS. The number of hydrogen-bond donors (Lipinski definition) is 1. The summed E-state index contributed by atoms with van der Waals surface area (Å²) in [6, 6.07) is 1.64. The van der Waals surface area contributed by atoms with E-state index in [0.29, 0.717) is 5.69 Å². The average Bonchev–Trinajstić information content (AvgIpc) is 2.05. The zero-order valence-electron chi connectivity index (χ0n) is 5.93. The predicted molar refractivity (Wildman–Crippen MR) is 42.2 cm³/mol. The Balaban J connectivity index is 2.85. The molecule has 1 unspecified atom stereocenters. The molecule has 0 bridgehead atoms. The molecule has 0 N–H and O–H groups in total. The van der Waals surface area contributed by atoms with Crippen LogP contribution in [-0.4, -0.2) is 20.5 Å². The normalized spacial score (nSPS) is 12.5. The maximum atomic E-state index is 10.7. The minimum absolute atomic E-state index is 0.217. The quantitative estimate of drug-likeness (QED) is 0.652. The summed E-state index contributed by atoms with van der Waals surface area (Å²) in [4.78, 5) is 10.7. The van der Waals surface area contributed by atoms with Crippen LogP contribution in [0.25, 0.3) is 0 Å². The summed E-state index contributed by atoms with van der Waals surface area (Å²) in [6.45, 7) is 1.72. The molecule has 1 heterocycles. The van der Waals surface area contributed by atoms with Crippen LogP contribution in [0.1, 0.15) is 18.5 Å². The number of carbonyl (C=O) groups is 1. The predicted octanol–water partition coefficient (Wildman–Crippen LogP) is 0.431. The SMILES string of the molecule is CC(C(=O)S)c1ccnnn1. The Hall–Kier alpha value is -0.970. The minimum atomic E-state index is -0.311. The fourth-order valence-electron chi connectivity index (χ4n) is 0.608. The Bertz CT molecular complexity index is 251. The summed E-state index contributed by atoms with van der Waals surface area (Å²) in [5.74, 6) is -0.311. The van der Waals surface area contributed by atoms with Crippen molar-refractivity contribution in [2.45, 2.75) is 12.8 Å². The third-order valence-corrected chi connectivity index (χ3v) is 1.73. The van der Waals surface area contributed by atoms with E-state index in [0.717, 1.165) is 0 Å². The van der Waals surface area contributed by atoms with Gasteiger partial charge in [-0.05, 0) is 18.2 Å². The fraction of sp³-hybridized carbons (Fsp3) is 0.333. The average molecular weight is 169 g/mol. The third kappa shape index (κ3) is 1.98. The van der Waals surface area contributed by atoms with Gasteiger partial charge in [0.1, 0.15) is 0 Å². The molecule has 1 aromatic heterocycles. The molecule has 0 amide bonds. The van der Waals surface area contributed by atoms with Crippen molar-refractivity contribution in [3.05, 3.63) is 18.0 Å². The lowest BCUT2D eigenvalue weighted by molar-refractivity contribution is -0.111. The van der Waals surface area contributed by atoms with E-state index in [1.807, 2.05) is 0 Å². The third-order valence-electron chi connectivity index (χ3n) is 1.34. The molecule has 0 fully saturated rings. The van der Waals surface area contributed by atoms with Gasteiger partial charge in [0.2, 0.25) is 0 Å². The van der Waals surface area contributed by atoms with Gasteiger partial charge in [-0.3, -0.25) is 4.79 Å². The first-order chi connectivity index (χ1) is 5.22. The van der Waals surface area contributed by atoms with E-state index < -0.39 is 0 Å². The van der Waals surface area contributed by atoms with Crippen molar-refractivity contribution in [1.29, 1.82) is 0 Å². The standard InChI is InChI=1S/C6H7N3OS/c1-4(6(10)11)5-2-3-7-9-8-5/h2-4H,1H3,(H,10,11). The van der Waals surface area contributed by atoms with Crippen LogP contribution in [-0.2, 0) is 4.79 Å². The Labute approximate surface area is 69.4 Å². The summed E-state index contributed by atoms with van der Waals surface area (Å²) in [5, 5.41) is 10.3. The van der Waals surface area contributed by atoms with Gasteiger partial charge >= 0.3 is 0 Å². The topological polar surface area (TPSA) is 55.7 Å². The van der Waals surface area contributed by atoms with Gasteiger partial charge in [0.05, 0.1) is 17.8 Å². The second-order valence-electron chi connectivity index (χ2n) is 2.11. The van der Waals surface area contributed by atoms with E-state index in [4.69, 9.17) is 0 Å². The Morgan fingerprint density at radius 2 is 2.45 bits per heavy atom. The molecule has 0 saturated heterocycles. The van der Waals surface area contributed by atoms with Crippen molar-refractivity contribution in [3.63, 3.8) is 0 Å². The first-order valence-corrected chi connectivity index (χ1v) is 3.53. The smallest absolute Gasteiger partial charge is 0.194 e. The molecule has 1 atom stereocenters. The molecule has 0 aliphatic rings. The first kappa shape index (κ1) is 8.13. The van der Waals surface area contributed by atoms with Gasteiger partial charge in [0.15, 0.2) is 5.12 Å². The number of aromatic nitrogens is 3. The molecule has 11 heavy (non-hydrogen) atoms. The second-order valence-corrected chi connectivity index (χ2v) is 2.55. The number of rotatable bonds is 2. The molecule has 0 aromatic carbocycles. The molecule has 1 aromatic rings. The number of thiol groups is 1. The van der Waals surface area contributed by atoms with Gasteiger partial charge < -0.3 is 0 Å². The summed E-state index contributed by atoms with van der Waals surface area (Å²) in [5.41, 5.74) is 0.597. The molecule has 4 nitrogen and oxygen atoms in total. The van der Waals surface area contributed by atoms with Crippen LogP contribution in [0.3, 0.4) is 0 Å². The maximum absolute atomic E-state index is 10.7. The summed E-state index contributed by atoms with van der Waals surface area (Å²) in [6.07, 6.45) is 1.50. The molecule has 58 valence electrons. The molecular weight excluding hydrogens is 162 g/mol. The highest BCUT2D eigenvalue weighted by molar-refractivity contribution is 7.96. The van der Waals surface area contributed by atoms with E-state index in [-0.39, 0.29) is 11.0 Å². The monoisotopic (exact) mass is 169 g/mol. The molecule has 0 aliphatic heterocycles. The lowest BCUT2D eigenvalue weighted by atomic mass is 10.1. The second kappa shape index (κ2) is 3.43. The summed E-state index contributed by atoms with van der Waals surface area (Å²) >= 11 is 3.68. The van der Waals surface area contributed by atoms with Crippen molar-refractivity contribution in [2.24, 2.45) is 0 Å². The van der Waals surface area contributed by atoms with Gasteiger partial charge in [-0.25, -0.2) is 0 Å². The van der Waals surface area contributed by atoms with Crippen molar-refractivity contribution in [1.82, 2.24) is 15.4 Å². The first-order valence-electron chi connectivity index (χ1n) is 3.09. The van der Waals surface area contributed by atoms with Gasteiger partial charge in [-0.1, -0.05) is 0 Å². The Kier molecular flexibility index (Phi) is 2.53. The Morgan fingerprint density at radius 3 is 2.91 bits per heavy atom. The van der Waals surface area contributed by atoms with E-state index in [1.165, 1.54) is 6.20 Å². The minimum Gasteiger partial charge on any atom is -0.287 e. The maximum Gasteiger partial charge on any atom is 0.194 e. The van der Waals surface area contributed by atoms with Crippen molar-refractivity contribution < 1.29 is 4.79 Å². The van der Waals surface area contributed by atoms with Gasteiger partial charge in [0, 0.05) is 0 Å². The van der Waals surface area contributed by atoms with E-state index in [1.54, 1.807) is 13.0 Å². The van der Waals surface area contributed by atoms with Crippen LogP contribution in [0.4, 0.5) is 0 Å². The van der Waals surface area contributed by atoms with Crippen molar-refractivity contribution >= 4 is 17.7 Å². The molecule has 0 aliphatic carbocycles. The number of carbonyl (C=O) groups excluding carboxylic acids is 1. The van der Waals surface area contributed by atoms with E-state index in [2.05, 4.69) is 28.0 Å². The van der Waals surface area contributed by atoms with Crippen LogP contribution in [0.2, 0.25) is 0 Å². The highest BCUT2D eigenvalue weighted by Gasteiger charge is 2.12. The molecule has 1 rings (SSSR count). The van der Waals surface area contributed by atoms with Crippen molar-refractivity contribution in [2.75, 3.05) is 0 Å². The van der Waals surface area contributed by atoms with Crippen LogP contribution < -0.4 is 0 Å². The van der Waals surface area contributed by atoms with Crippen LogP contribution in [0, 0.1) is 0 Å². The van der Waals surface area contributed by atoms with E-state index >= 15 is 0 Å². The van der Waals surface area contributed by atoms with E-state index in [9.17, 15) is 4.79 Å². The zero-order chi connectivity index (χ0) is 8.27. The lowest BCUT2D eigenvalue weighted by Gasteiger charge is -2.01.